The van der Waals surface area contributed by atoms with Crippen LogP contribution in [0, 0.1) is 0 Å². The second-order valence-corrected chi connectivity index (χ2v) is 7.30. The standard InChI is InChI=1S/C18H27N5O3/c1-18(2,3)26-17(25)22-14-5-4-10-23(15(14)24)11-12-6-8-13(9-7-12)21-16(19)20/h6-9,14H,4-5,10-11H2,1-3H3,(H,22,25)(H4,19,20,21). The molecule has 1 unspecified atom stereocenters. The maximum Gasteiger partial charge on any atom is 0.408 e. The van der Waals surface area contributed by atoms with E-state index in [1.165, 1.54) is 0 Å². The number of alkyl carbamates (subject to hydrolysis) is 1. The molecule has 1 aromatic rings. The van der Waals surface area contributed by atoms with E-state index >= 15 is 0 Å². The predicted octanol–water partition coefficient (Wildman–Crippen LogP) is 1.61. The van der Waals surface area contributed by atoms with Crippen molar-refractivity contribution in [1.29, 1.82) is 0 Å². The minimum Gasteiger partial charge on any atom is -0.444 e. The molecule has 142 valence electrons. The summed E-state index contributed by atoms with van der Waals surface area (Å²) in [6, 6.07) is 6.78. The molecule has 2 rings (SSSR count). The molecule has 1 fully saturated rings. The summed E-state index contributed by atoms with van der Waals surface area (Å²) in [7, 11) is 0. The Hall–Kier alpha value is -2.77. The largest absolute Gasteiger partial charge is 0.444 e. The molecule has 0 aromatic heterocycles. The first-order chi connectivity index (χ1) is 12.1. The highest BCUT2D eigenvalue weighted by molar-refractivity contribution is 5.86. The quantitative estimate of drug-likeness (QED) is 0.555. The fraction of sp³-hybridized carbons (Fsp3) is 0.500. The number of amides is 2. The number of nitrogens with two attached hydrogens (primary N) is 2. The smallest absolute Gasteiger partial charge is 0.408 e. The lowest BCUT2D eigenvalue weighted by atomic mass is 10.0. The Labute approximate surface area is 153 Å². The van der Waals surface area contributed by atoms with Crippen LogP contribution in [0.25, 0.3) is 0 Å². The molecule has 1 aromatic carbocycles. The highest BCUT2D eigenvalue weighted by Gasteiger charge is 2.31. The van der Waals surface area contributed by atoms with Crippen LogP contribution in [0.15, 0.2) is 29.3 Å². The third-order valence-electron chi connectivity index (χ3n) is 3.79. The van der Waals surface area contributed by atoms with Crippen LogP contribution in [-0.4, -0.2) is 41.0 Å². The van der Waals surface area contributed by atoms with Crippen LogP contribution >= 0.6 is 0 Å². The number of nitrogens with zero attached hydrogens (tertiary/aromatic N) is 2. The molecule has 0 saturated carbocycles. The number of carbonyl (C=O) groups is 2. The summed E-state index contributed by atoms with van der Waals surface area (Å²) < 4.78 is 5.23. The van der Waals surface area contributed by atoms with Gasteiger partial charge in [0.05, 0.1) is 5.69 Å². The normalized spacial score (nSPS) is 17.6. The van der Waals surface area contributed by atoms with E-state index in [0.717, 1.165) is 12.0 Å². The lowest BCUT2D eigenvalue weighted by molar-refractivity contribution is -0.136. The Kier molecular flexibility index (Phi) is 6.07. The van der Waals surface area contributed by atoms with Crippen LogP contribution in [0.2, 0.25) is 0 Å². The van der Waals surface area contributed by atoms with Gasteiger partial charge in [-0.3, -0.25) is 4.79 Å². The van der Waals surface area contributed by atoms with Gasteiger partial charge in [-0.05, 0) is 51.3 Å². The van der Waals surface area contributed by atoms with Crippen LogP contribution in [0.3, 0.4) is 0 Å². The highest BCUT2D eigenvalue weighted by atomic mass is 16.6. The number of hydrogen-bond acceptors (Lipinski definition) is 4. The Balaban J connectivity index is 1.96. The number of guanidine groups is 1. The zero-order valence-electron chi connectivity index (χ0n) is 15.5. The molecule has 0 bridgehead atoms. The number of nitrogens with one attached hydrogen (secondary N) is 1. The molecular weight excluding hydrogens is 334 g/mol. The van der Waals surface area contributed by atoms with Crippen LogP contribution in [0.5, 0.6) is 0 Å². The van der Waals surface area contributed by atoms with Gasteiger partial charge >= 0.3 is 6.09 Å². The fourth-order valence-electron chi connectivity index (χ4n) is 2.73. The Morgan fingerprint density at radius 2 is 1.96 bits per heavy atom. The summed E-state index contributed by atoms with van der Waals surface area (Å²) in [6.07, 6.45) is 0.857. The van der Waals surface area contributed by atoms with Crippen molar-refractivity contribution in [1.82, 2.24) is 10.2 Å². The summed E-state index contributed by atoms with van der Waals surface area (Å²) in [4.78, 5) is 30.3. The summed E-state index contributed by atoms with van der Waals surface area (Å²) in [5, 5.41) is 2.67. The number of aliphatic imine (C=N–C) groups is 1. The predicted molar refractivity (Wildman–Crippen MR) is 99.7 cm³/mol. The van der Waals surface area contributed by atoms with Gasteiger partial charge in [0.1, 0.15) is 11.6 Å². The third-order valence-corrected chi connectivity index (χ3v) is 3.79. The molecular formula is C18H27N5O3. The van der Waals surface area contributed by atoms with Gasteiger partial charge in [0, 0.05) is 13.1 Å². The van der Waals surface area contributed by atoms with E-state index in [9.17, 15) is 9.59 Å². The van der Waals surface area contributed by atoms with Gasteiger partial charge in [-0.1, -0.05) is 12.1 Å². The fourth-order valence-corrected chi connectivity index (χ4v) is 2.73. The molecule has 2 amide bonds. The molecule has 26 heavy (non-hydrogen) atoms. The summed E-state index contributed by atoms with van der Waals surface area (Å²) in [5.74, 6) is -0.101. The molecule has 8 heteroatoms. The number of likely N-dealkylation sites (tertiary alicyclic amines) is 1. The van der Waals surface area contributed by atoms with Gasteiger partial charge in [0.2, 0.25) is 5.91 Å². The molecule has 1 aliphatic heterocycles. The van der Waals surface area contributed by atoms with Crippen molar-refractivity contribution in [2.75, 3.05) is 6.54 Å². The Bertz CT molecular complexity index is 675. The summed E-state index contributed by atoms with van der Waals surface area (Å²) in [6.45, 7) is 6.48. The number of carbonyl (C=O) groups excluding carboxylic acids is 2. The first kappa shape index (κ1) is 19.6. The van der Waals surface area contributed by atoms with Gasteiger partial charge in [-0.25, -0.2) is 9.79 Å². The molecule has 0 radical (unpaired) electrons. The molecule has 5 N–H and O–H groups in total. The number of ether oxygens (including phenoxy) is 1. The Morgan fingerprint density at radius 1 is 1.31 bits per heavy atom. The SMILES string of the molecule is CC(C)(C)OC(=O)NC1CCCN(Cc2ccc(N=C(N)N)cc2)C1=O. The van der Waals surface area contributed by atoms with Crippen molar-refractivity contribution >= 4 is 23.6 Å². The summed E-state index contributed by atoms with van der Waals surface area (Å²) in [5.41, 5.74) is 11.7. The third kappa shape index (κ3) is 5.94. The Morgan fingerprint density at radius 3 is 2.54 bits per heavy atom. The lowest BCUT2D eigenvalue weighted by Crippen LogP contribution is -2.52. The first-order valence-electron chi connectivity index (χ1n) is 8.61. The van der Waals surface area contributed by atoms with E-state index in [-0.39, 0.29) is 11.9 Å². The van der Waals surface area contributed by atoms with E-state index in [1.807, 2.05) is 12.1 Å². The van der Waals surface area contributed by atoms with Crippen molar-refractivity contribution in [3.05, 3.63) is 29.8 Å². The molecule has 0 aliphatic carbocycles. The van der Waals surface area contributed by atoms with Crippen molar-refractivity contribution in [2.24, 2.45) is 16.5 Å². The van der Waals surface area contributed by atoms with Crippen molar-refractivity contribution in [3.8, 4) is 0 Å². The van der Waals surface area contributed by atoms with Crippen molar-refractivity contribution in [2.45, 2.75) is 51.8 Å². The molecule has 1 aliphatic rings. The van der Waals surface area contributed by atoms with E-state index in [1.54, 1.807) is 37.8 Å². The average Bonchev–Trinajstić information content (AvgIpc) is 2.51. The van der Waals surface area contributed by atoms with Gasteiger partial charge in [0.15, 0.2) is 5.96 Å². The van der Waals surface area contributed by atoms with E-state index in [2.05, 4.69) is 10.3 Å². The number of hydrogen-bond donors (Lipinski definition) is 3. The number of rotatable bonds is 4. The van der Waals surface area contributed by atoms with Crippen molar-refractivity contribution < 1.29 is 14.3 Å². The topological polar surface area (TPSA) is 123 Å². The molecule has 0 spiro atoms. The molecule has 1 atom stereocenters. The van der Waals surface area contributed by atoms with Crippen LogP contribution in [-0.2, 0) is 16.1 Å². The zero-order valence-corrected chi connectivity index (χ0v) is 15.5. The molecule has 1 saturated heterocycles. The average molecular weight is 361 g/mol. The molecule has 1 heterocycles. The number of piperidine rings is 1. The van der Waals surface area contributed by atoms with Crippen LogP contribution < -0.4 is 16.8 Å². The van der Waals surface area contributed by atoms with E-state index < -0.39 is 17.7 Å². The monoisotopic (exact) mass is 361 g/mol. The maximum absolute atomic E-state index is 12.6. The van der Waals surface area contributed by atoms with Gasteiger partial charge in [-0.15, -0.1) is 0 Å². The van der Waals surface area contributed by atoms with Gasteiger partial charge < -0.3 is 26.4 Å². The first-order valence-corrected chi connectivity index (χ1v) is 8.61. The van der Waals surface area contributed by atoms with Gasteiger partial charge in [-0.2, -0.15) is 0 Å². The van der Waals surface area contributed by atoms with Crippen LogP contribution in [0.1, 0.15) is 39.2 Å². The van der Waals surface area contributed by atoms with Crippen LogP contribution in [0.4, 0.5) is 10.5 Å². The summed E-state index contributed by atoms with van der Waals surface area (Å²) >= 11 is 0. The second-order valence-electron chi connectivity index (χ2n) is 7.30. The minimum atomic E-state index is -0.599. The van der Waals surface area contributed by atoms with E-state index in [4.69, 9.17) is 16.2 Å². The number of benzene rings is 1. The highest BCUT2D eigenvalue weighted by Crippen LogP contribution is 2.18. The molecule has 8 nitrogen and oxygen atoms in total. The van der Waals surface area contributed by atoms with E-state index in [0.29, 0.717) is 25.2 Å². The van der Waals surface area contributed by atoms with Crippen molar-refractivity contribution in [3.63, 3.8) is 0 Å². The maximum atomic E-state index is 12.6. The second kappa shape index (κ2) is 8.07. The zero-order chi connectivity index (χ0) is 19.3. The lowest BCUT2D eigenvalue weighted by Gasteiger charge is -2.33. The van der Waals surface area contributed by atoms with Gasteiger partial charge in [0.25, 0.3) is 0 Å². The minimum absolute atomic E-state index is 0.0000161.